The van der Waals surface area contributed by atoms with Gasteiger partial charge in [-0.3, -0.25) is 14.4 Å². The molecule has 1 N–H and O–H groups in total. The molecule has 1 fully saturated rings. The maximum absolute atomic E-state index is 13.9. The molecule has 0 aromatic heterocycles. The number of methoxy groups -OCH3 is 1. The van der Waals surface area contributed by atoms with Crippen LogP contribution in [0.1, 0.15) is 67.9 Å². The monoisotopic (exact) mass is 577 g/mol. The Morgan fingerprint density at radius 1 is 0.905 bits per heavy atom. The van der Waals surface area contributed by atoms with Crippen LogP contribution < -0.4 is 5.32 Å². The summed E-state index contributed by atoms with van der Waals surface area (Å²) in [5.74, 6) is -1.56. The molecule has 3 amide bonds. The number of likely N-dealkylation sites (tertiary alicyclic amines) is 1. The number of hydrogen-bond donors (Lipinski definition) is 1. The molecule has 10 heteroatoms. The lowest BCUT2D eigenvalue weighted by molar-refractivity contribution is -0.155. The Kier molecular flexibility index (Phi) is 9.33. The first kappa shape index (κ1) is 30.7. The number of hydrogen-bond acceptors (Lipinski definition) is 7. The van der Waals surface area contributed by atoms with Crippen molar-refractivity contribution in [1.29, 1.82) is 0 Å². The van der Waals surface area contributed by atoms with E-state index in [0.717, 1.165) is 11.1 Å². The van der Waals surface area contributed by atoms with Crippen LogP contribution in [0.15, 0.2) is 54.6 Å². The summed E-state index contributed by atoms with van der Waals surface area (Å²) < 4.78 is 10.6. The van der Waals surface area contributed by atoms with Crippen molar-refractivity contribution in [2.75, 3.05) is 20.2 Å². The van der Waals surface area contributed by atoms with E-state index in [4.69, 9.17) is 9.47 Å². The molecule has 42 heavy (non-hydrogen) atoms. The summed E-state index contributed by atoms with van der Waals surface area (Å²) in [7, 11) is 1.26. The molecule has 0 aliphatic carbocycles. The third-order valence-electron chi connectivity index (χ3n) is 7.74. The predicted octanol–water partition coefficient (Wildman–Crippen LogP) is 3.66. The van der Waals surface area contributed by atoms with Crippen molar-refractivity contribution >= 4 is 29.7 Å². The number of esters is 1. The number of nitrogens with one attached hydrogen (secondary N) is 1. The normalized spacial score (nSPS) is 18.0. The molecule has 0 bridgehead atoms. The third-order valence-corrected chi connectivity index (χ3v) is 7.74. The van der Waals surface area contributed by atoms with Gasteiger partial charge in [0.15, 0.2) is 5.78 Å². The van der Waals surface area contributed by atoms with Crippen molar-refractivity contribution in [3.8, 4) is 0 Å². The highest BCUT2D eigenvalue weighted by Crippen LogP contribution is 2.29. The topological polar surface area (TPSA) is 122 Å². The summed E-state index contributed by atoms with van der Waals surface area (Å²) in [5.41, 5.74) is 0.369. The summed E-state index contributed by atoms with van der Waals surface area (Å²) in [5, 5.41) is 2.91. The third kappa shape index (κ3) is 7.16. The van der Waals surface area contributed by atoms with E-state index in [1.165, 1.54) is 16.9 Å². The van der Waals surface area contributed by atoms with Gasteiger partial charge in [-0.05, 0) is 44.7 Å². The number of piperidine rings is 1. The van der Waals surface area contributed by atoms with Crippen molar-refractivity contribution in [2.24, 2.45) is 0 Å². The zero-order valence-corrected chi connectivity index (χ0v) is 24.7. The molecule has 2 aromatic carbocycles. The molecule has 1 atom stereocenters. The zero-order chi connectivity index (χ0) is 30.5. The summed E-state index contributed by atoms with van der Waals surface area (Å²) >= 11 is 0. The average molecular weight is 578 g/mol. The molecule has 2 aliphatic rings. The van der Waals surface area contributed by atoms with E-state index in [-0.39, 0.29) is 63.4 Å². The number of rotatable bonds is 7. The second kappa shape index (κ2) is 12.8. The second-order valence-corrected chi connectivity index (χ2v) is 11.8. The Morgan fingerprint density at radius 3 is 2.14 bits per heavy atom. The van der Waals surface area contributed by atoms with Crippen molar-refractivity contribution in [2.45, 2.75) is 76.6 Å². The van der Waals surface area contributed by atoms with Crippen LogP contribution in [-0.4, -0.2) is 76.8 Å². The number of carbonyl (C=O) groups excluding carboxylic acids is 5. The van der Waals surface area contributed by atoms with Gasteiger partial charge in [-0.25, -0.2) is 9.59 Å². The molecule has 0 radical (unpaired) electrons. The van der Waals surface area contributed by atoms with E-state index in [9.17, 15) is 24.0 Å². The number of carbonyl (C=O) groups is 5. The predicted molar refractivity (Wildman–Crippen MR) is 154 cm³/mol. The maximum Gasteiger partial charge on any atom is 0.410 e. The van der Waals surface area contributed by atoms with Crippen LogP contribution in [0.2, 0.25) is 0 Å². The highest BCUT2D eigenvalue weighted by molar-refractivity contribution is 5.99. The quantitative estimate of drug-likeness (QED) is 0.394. The molecular weight excluding hydrogens is 538 g/mol. The lowest BCUT2D eigenvalue weighted by atomic mass is 9.86. The standard InChI is InChI=1S/C32H39N3O7/c1-31(2,3)42-30(40)34-18-16-32(17-19-34,29(39)41-4)33-28(38)25-20-23-12-8-9-13-24(23)21-35(25)27(37)15-14-26(36)22-10-6-5-7-11-22/h5-13,25H,14-21H2,1-4H3,(H,33,38). The number of benzene rings is 2. The number of nitrogens with zero attached hydrogens (tertiary/aromatic N) is 2. The second-order valence-electron chi connectivity index (χ2n) is 11.8. The van der Waals surface area contributed by atoms with Crippen LogP contribution in [-0.2, 0) is 36.8 Å². The number of fused-ring (bicyclic) bond motifs is 1. The fraction of sp³-hybridized carbons (Fsp3) is 0.469. The molecule has 4 rings (SSSR count). The highest BCUT2D eigenvalue weighted by atomic mass is 16.6. The molecule has 2 aliphatic heterocycles. The largest absolute Gasteiger partial charge is 0.467 e. The van der Waals surface area contributed by atoms with Gasteiger partial charge in [0.05, 0.1) is 7.11 Å². The van der Waals surface area contributed by atoms with Gasteiger partial charge in [0.25, 0.3) is 0 Å². The highest BCUT2D eigenvalue weighted by Gasteiger charge is 2.47. The van der Waals surface area contributed by atoms with E-state index in [0.29, 0.717) is 5.56 Å². The van der Waals surface area contributed by atoms with Crippen molar-refractivity contribution in [1.82, 2.24) is 15.1 Å². The van der Waals surface area contributed by atoms with E-state index >= 15 is 0 Å². The first-order valence-corrected chi connectivity index (χ1v) is 14.3. The SMILES string of the molecule is COC(=O)C1(NC(=O)C2Cc3ccccc3CN2C(=O)CCC(=O)c2ccccc2)CCN(C(=O)OC(C)(C)C)CC1. The first-order chi connectivity index (χ1) is 19.9. The Labute approximate surface area is 246 Å². The van der Waals surface area contributed by atoms with Gasteiger partial charge in [-0.2, -0.15) is 0 Å². The molecule has 10 nitrogen and oxygen atoms in total. The Bertz CT molecular complexity index is 1330. The number of ketones is 1. The zero-order valence-electron chi connectivity index (χ0n) is 24.7. The fourth-order valence-corrected chi connectivity index (χ4v) is 5.44. The van der Waals surface area contributed by atoms with Crippen LogP contribution in [0, 0.1) is 0 Å². The van der Waals surface area contributed by atoms with Gasteiger partial charge < -0.3 is 24.6 Å². The van der Waals surface area contributed by atoms with Gasteiger partial charge in [0.2, 0.25) is 11.8 Å². The van der Waals surface area contributed by atoms with E-state index in [1.807, 2.05) is 30.3 Å². The number of amides is 3. The minimum Gasteiger partial charge on any atom is -0.467 e. The molecular formula is C32H39N3O7. The van der Waals surface area contributed by atoms with Crippen molar-refractivity contribution in [3.63, 3.8) is 0 Å². The summed E-state index contributed by atoms with van der Waals surface area (Å²) in [4.78, 5) is 68.7. The molecule has 2 aromatic rings. The summed E-state index contributed by atoms with van der Waals surface area (Å²) in [6, 6.07) is 15.5. The average Bonchev–Trinajstić information content (AvgIpc) is 2.98. The molecule has 0 spiro atoms. The molecule has 0 saturated carbocycles. The first-order valence-electron chi connectivity index (χ1n) is 14.3. The van der Waals surface area contributed by atoms with Gasteiger partial charge in [-0.1, -0.05) is 54.6 Å². The van der Waals surface area contributed by atoms with Gasteiger partial charge in [0, 0.05) is 44.5 Å². The van der Waals surface area contributed by atoms with Crippen molar-refractivity contribution in [3.05, 3.63) is 71.3 Å². The maximum atomic E-state index is 13.9. The lowest BCUT2D eigenvalue weighted by Crippen LogP contribution is -2.64. The van der Waals surface area contributed by atoms with Crippen LogP contribution in [0.4, 0.5) is 4.79 Å². The minimum absolute atomic E-state index is 0.0158. The Balaban J connectivity index is 1.50. The van der Waals surface area contributed by atoms with Gasteiger partial charge >= 0.3 is 12.1 Å². The lowest BCUT2D eigenvalue weighted by Gasteiger charge is -2.42. The molecule has 2 heterocycles. The van der Waals surface area contributed by atoms with Crippen LogP contribution >= 0.6 is 0 Å². The van der Waals surface area contributed by atoms with Gasteiger partial charge in [0.1, 0.15) is 17.2 Å². The Morgan fingerprint density at radius 2 is 1.52 bits per heavy atom. The summed E-state index contributed by atoms with van der Waals surface area (Å²) in [6.07, 6.45) is 0.00930. The van der Waals surface area contributed by atoms with Crippen LogP contribution in [0.3, 0.4) is 0 Å². The van der Waals surface area contributed by atoms with Gasteiger partial charge in [-0.15, -0.1) is 0 Å². The van der Waals surface area contributed by atoms with Crippen molar-refractivity contribution < 1.29 is 33.4 Å². The van der Waals surface area contributed by atoms with E-state index in [2.05, 4.69) is 5.32 Å². The van der Waals surface area contributed by atoms with Crippen LogP contribution in [0.25, 0.3) is 0 Å². The van der Waals surface area contributed by atoms with Crippen LogP contribution in [0.5, 0.6) is 0 Å². The summed E-state index contributed by atoms with van der Waals surface area (Å²) in [6.45, 7) is 5.91. The van der Waals surface area contributed by atoms with E-state index in [1.54, 1.807) is 45.0 Å². The molecule has 224 valence electrons. The smallest absolute Gasteiger partial charge is 0.410 e. The Hall–Kier alpha value is -4.21. The van der Waals surface area contributed by atoms with E-state index < -0.39 is 35.2 Å². The number of Topliss-reactive ketones (excluding diaryl/α,β-unsaturated/α-hetero) is 1. The molecule has 1 saturated heterocycles. The minimum atomic E-state index is -1.36. The number of ether oxygens (including phenoxy) is 2. The molecule has 1 unspecified atom stereocenters. The fourth-order valence-electron chi connectivity index (χ4n) is 5.44.